The summed E-state index contributed by atoms with van der Waals surface area (Å²) in [6.45, 7) is 0.962. The number of benzene rings is 2. The molecular formula is C29H24F4N6O2. The highest BCUT2D eigenvalue weighted by molar-refractivity contribution is 5.96. The number of likely N-dealkylation sites (tertiary alicyclic amines) is 1. The Hall–Kier alpha value is -4.74. The highest BCUT2D eigenvalue weighted by Crippen LogP contribution is 2.37. The molecule has 2 saturated heterocycles. The predicted molar refractivity (Wildman–Crippen MR) is 142 cm³/mol. The molecule has 0 aliphatic carbocycles. The Morgan fingerprint density at radius 3 is 2.29 bits per heavy atom. The molecule has 2 aromatic heterocycles. The van der Waals surface area contributed by atoms with Crippen molar-refractivity contribution in [2.75, 3.05) is 24.7 Å². The summed E-state index contributed by atoms with van der Waals surface area (Å²) in [5, 5.41) is 7.33. The lowest BCUT2D eigenvalue weighted by Gasteiger charge is -2.43. The Kier molecular flexibility index (Phi) is 6.47. The van der Waals surface area contributed by atoms with Gasteiger partial charge in [0, 0.05) is 42.8 Å². The van der Waals surface area contributed by atoms with Crippen LogP contribution < -0.4 is 10.2 Å². The number of halogens is 4. The number of nitrogens with zero attached hydrogens (tertiary/aromatic N) is 5. The van der Waals surface area contributed by atoms with E-state index >= 15 is 0 Å². The van der Waals surface area contributed by atoms with Crippen LogP contribution >= 0.6 is 0 Å². The fourth-order valence-electron chi connectivity index (χ4n) is 5.55. The number of alkyl halides is 3. The van der Waals surface area contributed by atoms with Gasteiger partial charge in [0.1, 0.15) is 11.4 Å². The van der Waals surface area contributed by atoms with Gasteiger partial charge in [0.05, 0.1) is 23.6 Å². The summed E-state index contributed by atoms with van der Waals surface area (Å²) < 4.78 is 55.2. The molecule has 210 valence electrons. The molecule has 41 heavy (non-hydrogen) atoms. The van der Waals surface area contributed by atoms with Gasteiger partial charge in [0.25, 0.3) is 5.91 Å². The van der Waals surface area contributed by atoms with Crippen molar-refractivity contribution in [3.05, 3.63) is 96.2 Å². The standard InChI is InChI=1S/C29H24F4N6O2/c30-23-16-21(6-7-22(23)29(31,32)33)39-25(19-8-12-34-13-9-19)17-24(36-39)26(40)37-14-10-28(11-15-37)27(41)35-18-38(28)20-4-2-1-3-5-20/h1-9,12-13,16-17H,10-11,14-15,18H2,(H,35,41). The number of piperidine rings is 1. The Balaban J connectivity index is 1.29. The number of rotatable bonds is 4. The number of anilines is 1. The van der Waals surface area contributed by atoms with E-state index < -0.39 is 29.0 Å². The monoisotopic (exact) mass is 564 g/mol. The third-order valence-corrected chi connectivity index (χ3v) is 7.69. The quantitative estimate of drug-likeness (QED) is 0.365. The molecule has 1 spiro atoms. The van der Waals surface area contributed by atoms with E-state index in [4.69, 9.17) is 0 Å². The van der Waals surface area contributed by atoms with E-state index in [0.29, 0.717) is 49.9 Å². The van der Waals surface area contributed by atoms with E-state index in [0.717, 1.165) is 17.8 Å². The Morgan fingerprint density at radius 2 is 1.63 bits per heavy atom. The first-order chi connectivity index (χ1) is 19.7. The lowest BCUT2D eigenvalue weighted by Crippen LogP contribution is -2.57. The first-order valence-electron chi connectivity index (χ1n) is 13.0. The van der Waals surface area contributed by atoms with E-state index in [1.165, 1.54) is 23.1 Å². The SMILES string of the molecule is O=C(c1cc(-c2ccncc2)n(-c2ccc(C(F)(F)F)c(F)c2)n1)N1CCC2(CC1)C(=O)NCN2c1ccccc1. The third kappa shape index (κ3) is 4.68. The van der Waals surface area contributed by atoms with Crippen LogP contribution in [0, 0.1) is 5.82 Å². The number of nitrogens with one attached hydrogen (secondary N) is 1. The zero-order valence-corrected chi connectivity index (χ0v) is 21.6. The van der Waals surface area contributed by atoms with E-state index in [1.807, 2.05) is 35.2 Å². The normalized spacial score (nSPS) is 16.7. The van der Waals surface area contributed by atoms with Gasteiger partial charge in [-0.25, -0.2) is 9.07 Å². The summed E-state index contributed by atoms with van der Waals surface area (Å²) in [5.41, 5.74) is -0.214. The highest BCUT2D eigenvalue weighted by atomic mass is 19.4. The summed E-state index contributed by atoms with van der Waals surface area (Å²) in [7, 11) is 0. The van der Waals surface area contributed by atoms with Crippen molar-refractivity contribution in [1.82, 2.24) is 25.0 Å². The van der Waals surface area contributed by atoms with Crippen molar-refractivity contribution >= 4 is 17.5 Å². The maximum atomic E-state index is 14.5. The van der Waals surface area contributed by atoms with Gasteiger partial charge in [-0.2, -0.15) is 18.3 Å². The summed E-state index contributed by atoms with van der Waals surface area (Å²) >= 11 is 0. The topological polar surface area (TPSA) is 83.4 Å². The van der Waals surface area contributed by atoms with Crippen LogP contribution in [0.5, 0.6) is 0 Å². The van der Waals surface area contributed by atoms with Crippen molar-refractivity contribution in [3.8, 4) is 16.9 Å². The lowest BCUT2D eigenvalue weighted by molar-refractivity contribution is -0.140. The fraction of sp³-hybridized carbons (Fsp3) is 0.241. The van der Waals surface area contributed by atoms with Gasteiger partial charge in [-0.3, -0.25) is 14.6 Å². The number of carbonyl (C=O) groups is 2. The van der Waals surface area contributed by atoms with E-state index in [-0.39, 0.29) is 17.3 Å². The number of para-hydroxylation sites is 1. The van der Waals surface area contributed by atoms with Gasteiger partial charge in [-0.05, 0) is 55.3 Å². The molecule has 2 aromatic carbocycles. The van der Waals surface area contributed by atoms with Gasteiger partial charge >= 0.3 is 6.18 Å². The molecule has 0 unspecified atom stereocenters. The number of pyridine rings is 1. The Labute approximate surface area is 232 Å². The Bertz CT molecular complexity index is 1600. The van der Waals surface area contributed by atoms with Crippen LogP contribution in [0.15, 0.2) is 79.1 Å². The second kappa shape index (κ2) is 10.0. The molecule has 12 heteroatoms. The Morgan fingerprint density at radius 1 is 0.927 bits per heavy atom. The second-order valence-corrected chi connectivity index (χ2v) is 9.98. The van der Waals surface area contributed by atoms with Gasteiger partial charge in [0.15, 0.2) is 5.69 Å². The molecule has 8 nitrogen and oxygen atoms in total. The number of hydrogen-bond donors (Lipinski definition) is 1. The minimum atomic E-state index is -4.85. The molecule has 2 aliphatic rings. The van der Waals surface area contributed by atoms with Gasteiger partial charge in [-0.1, -0.05) is 18.2 Å². The minimum absolute atomic E-state index is 0.0279. The maximum absolute atomic E-state index is 14.5. The molecule has 0 atom stereocenters. The largest absolute Gasteiger partial charge is 0.419 e. The maximum Gasteiger partial charge on any atom is 0.419 e. The summed E-state index contributed by atoms with van der Waals surface area (Å²) in [5.74, 6) is -1.92. The van der Waals surface area contributed by atoms with E-state index in [9.17, 15) is 27.2 Å². The number of carbonyl (C=O) groups excluding carboxylic acids is 2. The van der Waals surface area contributed by atoms with Crippen molar-refractivity contribution in [1.29, 1.82) is 0 Å². The van der Waals surface area contributed by atoms with Gasteiger partial charge in [-0.15, -0.1) is 0 Å². The molecule has 1 N–H and O–H groups in total. The average Bonchev–Trinajstić information content (AvgIpc) is 3.55. The van der Waals surface area contributed by atoms with Crippen LogP contribution in [0.25, 0.3) is 16.9 Å². The molecule has 2 fully saturated rings. The predicted octanol–water partition coefficient (Wildman–Crippen LogP) is 4.66. The lowest BCUT2D eigenvalue weighted by atomic mass is 9.85. The first-order valence-corrected chi connectivity index (χ1v) is 13.0. The first kappa shape index (κ1) is 26.5. The number of hydrogen-bond acceptors (Lipinski definition) is 5. The van der Waals surface area contributed by atoms with Crippen molar-refractivity contribution in [2.45, 2.75) is 24.6 Å². The molecule has 0 bridgehead atoms. The van der Waals surface area contributed by atoms with Crippen LogP contribution in [-0.4, -0.2) is 56.8 Å². The molecule has 2 amide bonds. The average molecular weight is 565 g/mol. The second-order valence-electron chi connectivity index (χ2n) is 9.98. The van der Waals surface area contributed by atoms with Crippen LogP contribution in [0.3, 0.4) is 0 Å². The molecule has 2 aliphatic heterocycles. The van der Waals surface area contributed by atoms with Crippen molar-refractivity contribution in [2.24, 2.45) is 0 Å². The van der Waals surface area contributed by atoms with Crippen molar-refractivity contribution < 1.29 is 27.2 Å². The van der Waals surface area contributed by atoms with Crippen LogP contribution in [0.1, 0.15) is 28.9 Å². The molecule has 4 heterocycles. The van der Waals surface area contributed by atoms with Gasteiger partial charge < -0.3 is 15.1 Å². The fourth-order valence-corrected chi connectivity index (χ4v) is 5.55. The molecular weight excluding hydrogens is 540 g/mol. The number of amides is 2. The molecule has 0 saturated carbocycles. The zero-order valence-electron chi connectivity index (χ0n) is 21.6. The zero-order chi connectivity index (χ0) is 28.8. The smallest absolute Gasteiger partial charge is 0.339 e. The van der Waals surface area contributed by atoms with Crippen LogP contribution in [0.4, 0.5) is 23.2 Å². The summed E-state index contributed by atoms with van der Waals surface area (Å²) in [6.07, 6.45) is -0.990. The summed E-state index contributed by atoms with van der Waals surface area (Å²) in [6, 6.07) is 16.9. The molecule has 4 aromatic rings. The highest BCUT2D eigenvalue weighted by Gasteiger charge is 2.51. The minimum Gasteiger partial charge on any atom is -0.339 e. The number of aromatic nitrogens is 3. The summed E-state index contributed by atoms with van der Waals surface area (Å²) in [4.78, 5) is 34.2. The third-order valence-electron chi connectivity index (χ3n) is 7.69. The van der Waals surface area contributed by atoms with Crippen LogP contribution in [0.2, 0.25) is 0 Å². The molecule has 6 rings (SSSR count). The van der Waals surface area contributed by atoms with E-state index in [2.05, 4.69) is 15.4 Å². The van der Waals surface area contributed by atoms with E-state index in [1.54, 1.807) is 17.0 Å². The van der Waals surface area contributed by atoms with Crippen LogP contribution in [-0.2, 0) is 11.0 Å². The van der Waals surface area contributed by atoms with Gasteiger partial charge in [0.2, 0.25) is 5.91 Å². The van der Waals surface area contributed by atoms with Crippen molar-refractivity contribution in [3.63, 3.8) is 0 Å². The molecule has 0 radical (unpaired) electrons.